The van der Waals surface area contributed by atoms with Crippen molar-refractivity contribution in [2.75, 3.05) is 13.1 Å². The van der Waals surface area contributed by atoms with Crippen LogP contribution in [0.3, 0.4) is 0 Å². The van der Waals surface area contributed by atoms with Gasteiger partial charge in [0.15, 0.2) is 5.75 Å². The highest BCUT2D eigenvalue weighted by molar-refractivity contribution is 5.14. The lowest BCUT2D eigenvalue weighted by Gasteiger charge is -2.20. The predicted molar refractivity (Wildman–Crippen MR) is 69.8 cm³/mol. The van der Waals surface area contributed by atoms with Crippen molar-refractivity contribution in [1.82, 2.24) is 15.3 Å². The van der Waals surface area contributed by atoms with Gasteiger partial charge in [-0.05, 0) is 25.8 Å². The molecular weight excluding hydrogens is 226 g/mol. The van der Waals surface area contributed by atoms with E-state index in [1.54, 1.807) is 0 Å². The smallest absolute Gasteiger partial charge is 0.156 e. The monoisotopic (exact) mass is 247 g/mol. The largest absolute Gasteiger partial charge is 0.486 e. The molecule has 1 aromatic heterocycles. The van der Waals surface area contributed by atoms with E-state index in [1.165, 1.54) is 32.1 Å². The van der Waals surface area contributed by atoms with E-state index in [1.807, 2.05) is 12.4 Å². The third kappa shape index (κ3) is 2.80. The summed E-state index contributed by atoms with van der Waals surface area (Å²) in [4.78, 5) is 8.98. The van der Waals surface area contributed by atoms with Crippen molar-refractivity contribution in [3.63, 3.8) is 0 Å². The number of ether oxygens (including phenoxy) is 1. The summed E-state index contributed by atoms with van der Waals surface area (Å²) in [5.41, 5.74) is 0. The van der Waals surface area contributed by atoms with Crippen molar-refractivity contribution < 1.29 is 4.74 Å². The molecular formula is C14H21N3O. The molecule has 2 fully saturated rings. The zero-order chi connectivity index (χ0) is 12.2. The second-order valence-corrected chi connectivity index (χ2v) is 5.34. The van der Waals surface area contributed by atoms with Gasteiger partial charge in [0, 0.05) is 12.5 Å². The molecule has 18 heavy (non-hydrogen) atoms. The van der Waals surface area contributed by atoms with Crippen LogP contribution in [0.1, 0.15) is 50.3 Å². The summed E-state index contributed by atoms with van der Waals surface area (Å²) in [6, 6.07) is 0. The van der Waals surface area contributed by atoms with Gasteiger partial charge >= 0.3 is 0 Å². The zero-order valence-corrected chi connectivity index (χ0v) is 10.8. The highest BCUT2D eigenvalue weighted by atomic mass is 16.5. The topological polar surface area (TPSA) is 47.0 Å². The van der Waals surface area contributed by atoms with Gasteiger partial charge in [-0.15, -0.1) is 0 Å². The molecule has 0 bridgehead atoms. The molecule has 0 spiro atoms. The lowest BCUT2D eigenvalue weighted by molar-refractivity contribution is 0.221. The first-order valence-corrected chi connectivity index (χ1v) is 7.11. The van der Waals surface area contributed by atoms with E-state index < -0.39 is 0 Å². The molecule has 1 aliphatic heterocycles. The molecule has 3 rings (SSSR count). The highest BCUT2D eigenvalue weighted by Gasteiger charge is 2.19. The Morgan fingerprint density at radius 2 is 1.83 bits per heavy atom. The summed E-state index contributed by atoms with van der Waals surface area (Å²) in [6.45, 7) is 1.98. The average molecular weight is 247 g/mol. The van der Waals surface area contributed by atoms with Crippen LogP contribution < -0.4 is 10.1 Å². The molecule has 2 aliphatic rings. The van der Waals surface area contributed by atoms with Gasteiger partial charge in [-0.25, -0.2) is 9.97 Å². The van der Waals surface area contributed by atoms with E-state index >= 15 is 0 Å². The summed E-state index contributed by atoms with van der Waals surface area (Å²) < 4.78 is 5.83. The van der Waals surface area contributed by atoms with Crippen LogP contribution in [0.4, 0.5) is 0 Å². The Morgan fingerprint density at radius 1 is 1.06 bits per heavy atom. The molecule has 1 saturated carbocycles. The number of nitrogens with zero attached hydrogens (tertiary/aromatic N) is 2. The van der Waals surface area contributed by atoms with Gasteiger partial charge in [-0.1, -0.05) is 19.3 Å². The Kier molecular flexibility index (Phi) is 3.74. The van der Waals surface area contributed by atoms with Crippen molar-refractivity contribution in [2.24, 2.45) is 0 Å². The van der Waals surface area contributed by atoms with Gasteiger partial charge in [0.25, 0.3) is 0 Å². The van der Waals surface area contributed by atoms with Gasteiger partial charge in [0.2, 0.25) is 0 Å². The molecule has 1 unspecified atom stereocenters. The summed E-state index contributed by atoms with van der Waals surface area (Å²) >= 11 is 0. The Bertz CT molecular complexity index is 367. The highest BCUT2D eigenvalue weighted by Crippen LogP contribution is 2.30. The van der Waals surface area contributed by atoms with E-state index in [0.717, 1.165) is 31.1 Å². The molecule has 2 heterocycles. The zero-order valence-electron chi connectivity index (χ0n) is 10.8. The minimum atomic E-state index is 0.286. The Morgan fingerprint density at radius 3 is 2.50 bits per heavy atom. The van der Waals surface area contributed by atoms with Crippen LogP contribution in [0.5, 0.6) is 5.75 Å². The Hall–Kier alpha value is -1.16. The minimum Gasteiger partial charge on any atom is -0.486 e. The number of rotatable bonds is 3. The van der Waals surface area contributed by atoms with Crippen LogP contribution in [0.15, 0.2) is 12.4 Å². The fourth-order valence-electron chi connectivity index (χ4n) is 2.88. The number of aromatic nitrogens is 2. The molecule has 0 radical (unpaired) electrons. The van der Waals surface area contributed by atoms with Gasteiger partial charge in [-0.3, -0.25) is 0 Å². The molecule has 1 atom stereocenters. The summed E-state index contributed by atoms with van der Waals surface area (Å²) in [5.74, 6) is 2.39. The van der Waals surface area contributed by atoms with E-state index in [2.05, 4.69) is 15.3 Å². The normalized spacial score (nSPS) is 25.2. The van der Waals surface area contributed by atoms with E-state index in [4.69, 9.17) is 4.74 Å². The van der Waals surface area contributed by atoms with Crippen molar-refractivity contribution in [3.05, 3.63) is 18.2 Å². The molecule has 98 valence electrons. The molecule has 4 heteroatoms. The van der Waals surface area contributed by atoms with Gasteiger partial charge in [0.1, 0.15) is 11.9 Å². The lowest BCUT2D eigenvalue weighted by atomic mass is 9.89. The maximum Gasteiger partial charge on any atom is 0.156 e. The SMILES string of the molecule is c1nc(C2CCCCC2)ncc1OC1CCNC1. The molecule has 1 N–H and O–H groups in total. The maximum atomic E-state index is 5.83. The Labute approximate surface area is 108 Å². The predicted octanol–water partition coefficient (Wildman–Crippen LogP) is 2.26. The van der Waals surface area contributed by atoms with Crippen LogP contribution in [-0.4, -0.2) is 29.2 Å². The number of hydrogen-bond donors (Lipinski definition) is 1. The molecule has 1 aliphatic carbocycles. The Balaban J connectivity index is 1.60. The standard InChI is InChI=1S/C14H21N3O/c1-2-4-11(5-3-1)14-16-9-13(10-17-14)18-12-6-7-15-8-12/h9-12,15H,1-8H2. The minimum absolute atomic E-state index is 0.286. The second kappa shape index (κ2) is 5.65. The van der Waals surface area contributed by atoms with Crippen molar-refractivity contribution in [3.8, 4) is 5.75 Å². The van der Waals surface area contributed by atoms with Crippen LogP contribution in [0, 0.1) is 0 Å². The molecule has 0 amide bonds. The second-order valence-electron chi connectivity index (χ2n) is 5.34. The summed E-state index contributed by atoms with van der Waals surface area (Å²) in [5, 5.41) is 3.29. The van der Waals surface area contributed by atoms with Crippen LogP contribution in [0.25, 0.3) is 0 Å². The van der Waals surface area contributed by atoms with E-state index in [0.29, 0.717) is 5.92 Å². The summed E-state index contributed by atoms with van der Waals surface area (Å²) in [7, 11) is 0. The van der Waals surface area contributed by atoms with E-state index in [9.17, 15) is 0 Å². The lowest BCUT2D eigenvalue weighted by Crippen LogP contribution is -2.20. The molecule has 1 saturated heterocycles. The third-order valence-corrected chi connectivity index (χ3v) is 3.94. The molecule has 4 nitrogen and oxygen atoms in total. The van der Waals surface area contributed by atoms with Gasteiger partial charge in [-0.2, -0.15) is 0 Å². The quantitative estimate of drug-likeness (QED) is 0.890. The summed E-state index contributed by atoms with van der Waals surface area (Å²) in [6.07, 6.45) is 11.5. The number of hydrogen-bond acceptors (Lipinski definition) is 4. The van der Waals surface area contributed by atoms with Crippen molar-refractivity contribution in [1.29, 1.82) is 0 Å². The van der Waals surface area contributed by atoms with E-state index in [-0.39, 0.29) is 6.10 Å². The first-order chi connectivity index (χ1) is 8.92. The molecule has 1 aromatic rings. The fourth-order valence-corrected chi connectivity index (χ4v) is 2.88. The third-order valence-electron chi connectivity index (χ3n) is 3.94. The van der Waals surface area contributed by atoms with Gasteiger partial charge < -0.3 is 10.1 Å². The first-order valence-electron chi connectivity index (χ1n) is 7.11. The van der Waals surface area contributed by atoms with Crippen molar-refractivity contribution in [2.45, 2.75) is 50.5 Å². The first kappa shape index (κ1) is 11.9. The maximum absolute atomic E-state index is 5.83. The van der Waals surface area contributed by atoms with Crippen LogP contribution >= 0.6 is 0 Å². The van der Waals surface area contributed by atoms with Crippen LogP contribution in [0.2, 0.25) is 0 Å². The average Bonchev–Trinajstić information content (AvgIpc) is 2.94. The van der Waals surface area contributed by atoms with Crippen molar-refractivity contribution >= 4 is 0 Å². The van der Waals surface area contributed by atoms with Gasteiger partial charge in [0.05, 0.1) is 12.4 Å². The van der Waals surface area contributed by atoms with Crippen LogP contribution in [-0.2, 0) is 0 Å². The fraction of sp³-hybridized carbons (Fsp3) is 0.714. The number of nitrogens with one attached hydrogen (secondary N) is 1. The molecule has 0 aromatic carbocycles.